The lowest BCUT2D eigenvalue weighted by molar-refractivity contribution is -0.164. The Kier molecular flexibility index (Phi) is 9.93. The number of rotatable bonds is 8. The van der Waals surface area contributed by atoms with Crippen molar-refractivity contribution in [3.05, 3.63) is 210 Å². The van der Waals surface area contributed by atoms with E-state index in [0.717, 1.165) is 24.3 Å². The molecule has 0 unspecified atom stereocenters. The number of carbonyl (C=O) groups excluding carboxylic acids is 6. The van der Waals surface area contributed by atoms with Crippen molar-refractivity contribution in [2.75, 3.05) is 0 Å². The van der Waals surface area contributed by atoms with Crippen LogP contribution in [-0.2, 0) is 37.7 Å². The van der Waals surface area contributed by atoms with E-state index >= 15 is 9.59 Å². The summed E-state index contributed by atoms with van der Waals surface area (Å²) in [5.74, 6) is -9.18. The standard InChI is InChI=1S/C55H26F4O8S3/c56-39-15-27-11-33-34(12-28(27)16-40(39)57)47(61)37(46(33)60)19-31-20-43-45(55(31,53(64)66-23-25-7-3-1-4-8-25)54(65)67-24-26-9-5-2-6-10-26)51-52(69-43)50-44(70-51)22-32(68-50)21-38-48(62)35-13-29-17-41(58)42(59)18-30(29)14-36(35)49(38)63/h1-22H,23-24H2. The third kappa shape index (κ3) is 6.60. The second kappa shape index (κ2) is 16.1. The third-order valence-electron chi connectivity index (χ3n) is 12.7. The second-order valence-corrected chi connectivity index (χ2v) is 20.1. The molecule has 0 fully saturated rings. The van der Waals surface area contributed by atoms with Crippen molar-refractivity contribution in [3.8, 4) is 0 Å². The Bertz CT molecular complexity index is 3830. The first-order valence-corrected chi connectivity index (χ1v) is 23.8. The Morgan fingerprint density at radius 1 is 0.500 bits per heavy atom. The molecule has 12 rings (SSSR count). The summed E-state index contributed by atoms with van der Waals surface area (Å²) < 4.78 is 71.5. The van der Waals surface area contributed by atoms with Gasteiger partial charge in [-0.05, 0) is 111 Å². The molecule has 0 amide bonds. The molecule has 0 saturated carbocycles. The minimum atomic E-state index is -2.40. The average molecular weight is 987 g/mol. The maximum absolute atomic E-state index is 15.2. The molecule has 0 aliphatic heterocycles. The zero-order valence-electron chi connectivity index (χ0n) is 35.6. The highest BCUT2D eigenvalue weighted by atomic mass is 32.1. The number of carbonyl (C=O) groups is 6. The molecule has 0 saturated heterocycles. The van der Waals surface area contributed by atoms with Gasteiger partial charge in [0.2, 0.25) is 5.41 Å². The number of esters is 2. The third-order valence-corrected chi connectivity index (χ3v) is 16.5. The number of Topliss-reactive ketones (excluding diaryl/α,β-unsaturated/α-hetero) is 4. The molecule has 6 aromatic carbocycles. The van der Waals surface area contributed by atoms with Crippen LogP contribution in [-0.4, -0.2) is 35.1 Å². The highest BCUT2D eigenvalue weighted by molar-refractivity contribution is 7.39. The van der Waals surface area contributed by atoms with E-state index < -0.39 is 69.3 Å². The van der Waals surface area contributed by atoms with Crippen molar-refractivity contribution >= 4 is 122 Å². The number of allylic oxidation sites excluding steroid dienone is 3. The van der Waals surface area contributed by atoms with Crippen LogP contribution in [0.25, 0.3) is 52.5 Å². The van der Waals surface area contributed by atoms with Crippen molar-refractivity contribution in [1.29, 1.82) is 0 Å². The smallest absolute Gasteiger partial charge is 0.333 e. The van der Waals surface area contributed by atoms with Crippen LogP contribution in [0, 0.1) is 23.3 Å². The molecule has 0 bridgehead atoms. The number of benzene rings is 6. The van der Waals surface area contributed by atoms with Crippen LogP contribution < -0.4 is 0 Å². The Hall–Kier alpha value is -7.98. The van der Waals surface area contributed by atoms with Crippen LogP contribution in [0.15, 0.2) is 138 Å². The van der Waals surface area contributed by atoms with Gasteiger partial charge in [0, 0.05) is 42.3 Å². The van der Waals surface area contributed by atoms with E-state index in [4.69, 9.17) is 9.47 Å². The predicted octanol–water partition coefficient (Wildman–Crippen LogP) is 12.6. The van der Waals surface area contributed by atoms with Crippen LogP contribution in [0.4, 0.5) is 17.6 Å². The van der Waals surface area contributed by atoms with Gasteiger partial charge in [-0.3, -0.25) is 28.8 Å². The molecule has 8 nitrogen and oxygen atoms in total. The Morgan fingerprint density at radius 2 is 0.929 bits per heavy atom. The molecule has 0 radical (unpaired) electrons. The molecule has 3 aliphatic carbocycles. The quantitative estimate of drug-likeness (QED) is 0.0485. The van der Waals surface area contributed by atoms with Gasteiger partial charge in [-0.15, -0.1) is 34.0 Å². The molecule has 3 aromatic heterocycles. The maximum Gasteiger partial charge on any atom is 0.333 e. The molecule has 0 atom stereocenters. The topological polar surface area (TPSA) is 121 Å². The first kappa shape index (κ1) is 43.3. The van der Waals surface area contributed by atoms with Gasteiger partial charge < -0.3 is 9.47 Å². The van der Waals surface area contributed by atoms with Crippen LogP contribution in [0.1, 0.15) is 67.9 Å². The summed E-state index contributed by atoms with van der Waals surface area (Å²) in [6.45, 7) is -0.517. The Balaban J connectivity index is 0.996. The molecular weight excluding hydrogens is 961 g/mol. The van der Waals surface area contributed by atoms with Gasteiger partial charge in [-0.2, -0.15) is 0 Å². The van der Waals surface area contributed by atoms with Crippen molar-refractivity contribution in [1.82, 2.24) is 0 Å². The van der Waals surface area contributed by atoms with Gasteiger partial charge in [0.1, 0.15) is 13.2 Å². The second-order valence-electron chi connectivity index (χ2n) is 16.9. The number of thiophene rings is 3. The van der Waals surface area contributed by atoms with E-state index in [0.29, 0.717) is 39.7 Å². The van der Waals surface area contributed by atoms with E-state index in [2.05, 4.69) is 0 Å². The van der Waals surface area contributed by atoms with Crippen molar-refractivity contribution < 1.29 is 55.8 Å². The molecule has 0 spiro atoms. The summed E-state index contributed by atoms with van der Waals surface area (Å²) in [5.41, 5.74) is -1.56. The van der Waals surface area contributed by atoms with Crippen molar-refractivity contribution in [2.45, 2.75) is 18.6 Å². The maximum atomic E-state index is 15.2. The van der Waals surface area contributed by atoms with Gasteiger partial charge >= 0.3 is 11.9 Å². The van der Waals surface area contributed by atoms with Gasteiger partial charge in [0.25, 0.3) is 0 Å². The van der Waals surface area contributed by atoms with Crippen LogP contribution >= 0.6 is 34.0 Å². The van der Waals surface area contributed by atoms with Gasteiger partial charge in [-0.1, -0.05) is 60.7 Å². The zero-order valence-corrected chi connectivity index (χ0v) is 38.1. The fourth-order valence-corrected chi connectivity index (χ4v) is 13.6. The van der Waals surface area contributed by atoms with Crippen molar-refractivity contribution in [2.24, 2.45) is 0 Å². The van der Waals surface area contributed by atoms with Gasteiger partial charge in [0.05, 0.1) is 25.2 Å². The number of halogens is 4. The van der Waals surface area contributed by atoms with E-state index in [1.54, 1.807) is 72.8 Å². The predicted molar refractivity (Wildman–Crippen MR) is 258 cm³/mol. The molecule has 340 valence electrons. The zero-order chi connectivity index (χ0) is 48.3. The average Bonchev–Trinajstić information content (AvgIpc) is 4.17. The largest absolute Gasteiger partial charge is 0.459 e. The molecule has 3 heterocycles. The van der Waals surface area contributed by atoms with Crippen LogP contribution in [0.3, 0.4) is 0 Å². The Labute approximate surface area is 404 Å². The fourth-order valence-electron chi connectivity index (χ4n) is 9.36. The summed E-state index contributed by atoms with van der Waals surface area (Å²) in [4.78, 5) is 87.2. The lowest BCUT2D eigenvalue weighted by Crippen LogP contribution is -2.46. The first-order chi connectivity index (χ1) is 33.8. The number of ketones is 4. The normalized spacial score (nSPS) is 14.8. The SMILES string of the molecule is O=C1C(=CC2=Cc3sc4c(sc5cc(C=C6C(=O)c7cc8cc(F)c(F)cc8cc7C6=O)sc54)c3C2(C(=O)OCc2ccccc2)C(=O)OCc2ccccc2)C(=O)c2cc3cc(F)c(F)cc3cc21. The number of fused-ring (bicyclic) bond motifs is 9. The molecule has 0 N–H and O–H groups in total. The summed E-state index contributed by atoms with van der Waals surface area (Å²) in [6, 6.07) is 28.5. The lowest BCUT2D eigenvalue weighted by Gasteiger charge is -2.28. The number of hydrogen-bond acceptors (Lipinski definition) is 11. The van der Waals surface area contributed by atoms with E-state index in [1.807, 2.05) is 0 Å². The van der Waals surface area contributed by atoms with E-state index in [1.165, 1.54) is 70.4 Å². The van der Waals surface area contributed by atoms with Crippen molar-refractivity contribution in [3.63, 3.8) is 0 Å². The fraction of sp³-hybridized carbons (Fsp3) is 0.0545. The first-order valence-electron chi connectivity index (χ1n) is 21.4. The van der Waals surface area contributed by atoms with E-state index in [9.17, 15) is 36.7 Å². The van der Waals surface area contributed by atoms with Gasteiger partial charge in [-0.25, -0.2) is 17.6 Å². The molecule has 15 heteroatoms. The summed E-state index contributed by atoms with van der Waals surface area (Å²) in [5, 5.41) is 0.887. The van der Waals surface area contributed by atoms with Crippen LogP contribution in [0.5, 0.6) is 0 Å². The number of ether oxygens (including phenoxy) is 2. The summed E-state index contributed by atoms with van der Waals surface area (Å²) in [6.07, 6.45) is 4.22. The van der Waals surface area contributed by atoms with E-state index in [-0.39, 0.29) is 73.7 Å². The number of hydrogen-bond donors (Lipinski definition) is 0. The highest BCUT2D eigenvalue weighted by Gasteiger charge is 2.59. The molecule has 3 aliphatic rings. The molecular formula is C55H26F4O8S3. The minimum Gasteiger partial charge on any atom is -0.459 e. The highest BCUT2D eigenvalue weighted by Crippen LogP contribution is 2.57. The van der Waals surface area contributed by atoms with Gasteiger partial charge in [0.15, 0.2) is 46.4 Å². The monoisotopic (exact) mass is 986 g/mol. The Morgan fingerprint density at radius 3 is 1.37 bits per heavy atom. The minimum absolute atomic E-state index is 0.0669. The summed E-state index contributed by atoms with van der Waals surface area (Å²) >= 11 is 3.73. The van der Waals surface area contributed by atoms with Crippen LogP contribution in [0.2, 0.25) is 0 Å². The molecule has 9 aromatic rings. The summed E-state index contributed by atoms with van der Waals surface area (Å²) in [7, 11) is 0. The molecule has 70 heavy (non-hydrogen) atoms. The lowest BCUT2D eigenvalue weighted by atomic mass is 9.76.